The lowest BCUT2D eigenvalue weighted by atomic mass is 10.1. The van der Waals surface area contributed by atoms with Crippen molar-refractivity contribution in [1.29, 1.82) is 0 Å². The van der Waals surface area contributed by atoms with Crippen LogP contribution in [0.15, 0.2) is 4.79 Å². The van der Waals surface area contributed by atoms with Crippen LogP contribution in [0.5, 0.6) is 0 Å². The van der Waals surface area contributed by atoms with E-state index in [0.717, 1.165) is 5.56 Å². The topological polar surface area (TPSA) is 115 Å². The zero-order valence-electron chi connectivity index (χ0n) is 11.7. The Morgan fingerprint density at radius 3 is 2.50 bits per heavy atom. The van der Waals surface area contributed by atoms with Crippen LogP contribution in [-0.2, 0) is 22.6 Å². The predicted molar refractivity (Wildman–Crippen MR) is 72.4 cm³/mol. The largest absolute Gasteiger partial charge is 0.481 e. The van der Waals surface area contributed by atoms with Crippen LogP contribution in [0.1, 0.15) is 36.2 Å². The van der Waals surface area contributed by atoms with E-state index in [1.807, 2.05) is 0 Å². The number of nitrogens with zero attached hydrogens (tertiary/aromatic N) is 2. The Labute approximate surface area is 116 Å². The maximum atomic E-state index is 11.8. The molecule has 0 spiro atoms. The first-order chi connectivity index (χ1) is 9.32. The van der Waals surface area contributed by atoms with Crippen molar-refractivity contribution >= 4 is 11.9 Å². The van der Waals surface area contributed by atoms with Gasteiger partial charge in [0.1, 0.15) is 0 Å². The van der Waals surface area contributed by atoms with Crippen molar-refractivity contribution in [2.45, 2.75) is 46.1 Å². The summed E-state index contributed by atoms with van der Waals surface area (Å²) in [4.78, 5) is 37.1. The molecule has 0 bridgehead atoms. The maximum absolute atomic E-state index is 11.8. The summed E-state index contributed by atoms with van der Waals surface area (Å²) < 4.78 is 1.47. The number of nitrogens with two attached hydrogens (primary N) is 1. The fourth-order valence-electron chi connectivity index (χ4n) is 2.11. The van der Waals surface area contributed by atoms with Crippen LogP contribution in [0.3, 0.4) is 0 Å². The Hall–Kier alpha value is -2.18. The third-order valence-electron chi connectivity index (χ3n) is 3.17. The lowest BCUT2D eigenvalue weighted by Gasteiger charge is -2.14. The normalized spacial score (nSPS) is 10.5. The molecule has 0 aliphatic rings. The summed E-state index contributed by atoms with van der Waals surface area (Å²) in [5.74, 6) is -1.31. The van der Waals surface area contributed by atoms with Crippen molar-refractivity contribution < 1.29 is 14.7 Å². The number of carbonyl (C=O) groups excluding carboxylic acids is 1. The van der Waals surface area contributed by atoms with Gasteiger partial charge in [-0.05, 0) is 32.3 Å². The van der Waals surface area contributed by atoms with Gasteiger partial charge in [-0.25, -0.2) is 4.79 Å². The highest BCUT2D eigenvalue weighted by molar-refractivity contribution is 5.73. The van der Waals surface area contributed by atoms with Crippen molar-refractivity contribution in [2.24, 2.45) is 5.73 Å². The number of aryl methyl sites for hydroxylation is 1. The smallest absolute Gasteiger partial charge is 0.347 e. The SMILES string of the molecule is Cc1nc(=O)n(CCCC(N)=O)c(C)c1CCC(=O)O. The molecule has 7 nitrogen and oxygen atoms in total. The van der Waals surface area contributed by atoms with E-state index in [1.165, 1.54) is 4.57 Å². The van der Waals surface area contributed by atoms with Gasteiger partial charge in [-0.1, -0.05) is 0 Å². The van der Waals surface area contributed by atoms with Crippen LogP contribution in [0.2, 0.25) is 0 Å². The van der Waals surface area contributed by atoms with Crippen LogP contribution in [-0.4, -0.2) is 26.5 Å². The number of amides is 1. The average Bonchev–Trinajstić information content (AvgIpc) is 2.32. The van der Waals surface area contributed by atoms with Crippen molar-refractivity contribution in [3.63, 3.8) is 0 Å². The molecular weight excluding hydrogens is 262 g/mol. The Balaban J connectivity index is 2.99. The molecule has 0 aliphatic carbocycles. The van der Waals surface area contributed by atoms with Gasteiger partial charge in [0.25, 0.3) is 0 Å². The summed E-state index contributed by atoms with van der Waals surface area (Å²) >= 11 is 0. The summed E-state index contributed by atoms with van der Waals surface area (Å²) in [6.45, 7) is 3.80. The maximum Gasteiger partial charge on any atom is 0.347 e. The molecule has 0 radical (unpaired) electrons. The van der Waals surface area contributed by atoms with Gasteiger partial charge in [0, 0.05) is 30.8 Å². The van der Waals surface area contributed by atoms with Gasteiger partial charge >= 0.3 is 11.7 Å². The summed E-state index contributed by atoms with van der Waals surface area (Å²) in [5.41, 5.74) is 6.70. The zero-order chi connectivity index (χ0) is 15.3. The molecule has 0 saturated heterocycles. The Morgan fingerprint density at radius 2 is 1.95 bits per heavy atom. The standard InChI is InChI=1S/C13H19N3O4/c1-8-10(5-6-12(18)19)9(2)16(13(20)15-8)7-3-4-11(14)17/h3-7H2,1-2H3,(H2,14,17)(H,18,19). The highest BCUT2D eigenvalue weighted by atomic mass is 16.4. The third-order valence-corrected chi connectivity index (χ3v) is 3.17. The molecule has 0 unspecified atom stereocenters. The highest BCUT2D eigenvalue weighted by Crippen LogP contribution is 2.12. The van der Waals surface area contributed by atoms with Crippen molar-refractivity contribution in [3.8, 4) is 0 Å². The first-order valence-electron chi connectivity index (χ1n) is 6.40. The fourth-order valence-corrected chi connectivity index (χ4v) is 2.11. The van der Waals surface area contributed by atoms with Crippen molar-refractivity contribution in [3.05, 3.63) is 27.4 Å². The van der Waals surface area contributed by atoms with Crippen LogP contribution >= 0.6 is 0 Å². The van der Waals surface area contributed by atoms with Crippen LogP contribution in [0.4, 0.5) is 0 Å². The van der Waals surface area contributed by atoms with Crippen LogP contribution in [0, 0.1) is 13.8 Å². The minimum atomic E-state index is -0.893. The van der Waals surface area contributed by atoms with Gasteiger partial charge in [0.15, 0.2) is 0 Å². The van der Waals surface area contributed by atoms with E-state index in [2.05, 4.69) is 4.98 Å². The zero-order valence-corrected chi connectivity index (χ0v) is 11.7. The van der Waals surface area contributed by atoms with E-state index in [-0.39, 0.29) is 18.5 Å². The predicted octanol–water partition coefficient (Wildman–Crippen LogP) is 0.143. The third kappa shape index (κ3) is 4.18. The number of carbonyl (C=O) groups is 2. The summed E-state index contributed by atoms with van der Waals surface area (Å²) in [6.07, 6.45) is 0.975. The number of rotatable bonds is 7. The van der Waals surface area contributed by atoms with E-state index in [0.29, 0.717) is 30.8 Å². The minimum absolute atomic E-state index is 0.0111. The molecule has 0 aromatic carbocycles. The first kappa shape index (κ1) is 15.9. The molecule has 7 heteroatoms. The van der Waals surface area contributed by atoms with E-state index < -0.39 is 11.9 Å². The number of carboxylic acids is 1. The number of primary amides is 1. The summed E-state index contributed by atoms with van der Waals surface area (Å²) in [7, 11) is 0. The average molecular weight is 281 g/mol. The second-order valence-electron chi connectivity index (χ2n) is 4.66. The highest BCUT2D eigenvalue weighted by Gasteiger charge is 2.12. The molecule has 20 heavy (non-hydrogen) atoms. The molecule has 0 fully saturated rings. The Kier molecular flexibility index (Phi) is 5.42. The fraction of sp³-hybridized carbons (Fsp3) is 0.538. The number of aliphatic carboxylic acids is 1. The van der Waals surface area contributed by atoms with Crippen molar-refractivity contribution in [1.82, 2.24) is 9.55 Å². The number of hydrogen-bond donors (Lipinski definition) is 2. The van der Waals surface area contributed by atoms with Gasteiger partial charge in [-0.15, -0.1) is 0 Å². The van der Waals surface area contributed by atoms with E-state index in [1.54, 1.807) is 13.8 Å². The number of hydrogen-bond acceptors (Lipinski definition) is 4. The molecule has 0 atom stereocenters. The molecule has 1 heterocycles. The first-order valence-corrected chi connectivity index (χ1v) is 6.40. The second-order valence-corrected chi connectivity index (χ2v) is 4.66. The van der Waals surface area contributed by atoms with E-state index in [4.69, 9.17) is 10.8 Å². The summed E-state index contributed by atoms with van der Waals surface area (Å²) in [6, 6.07) is 0. The summed E-state index contributed by atoms with van der Waals surface area (Å²) in [5, 5.41) is 8.74. The molecule has 0 aliphatic heterocycles. The van der Waals surface area contributed by atoms with E-state index >= 15 is 0 Å². The van der Waals surface area contributed by atoms with Gasteiger partial charge in [0.05, 0.1) is 0 Å². The molecule has 110 valence electrons. The monoisotopic (exact) mass is 281 g/mol. The minimum Gasteiger partial charge on any atom is -0.481 e. The van der Waals surface area contributed by atoms with Gasteiger partial charge < -0.3 is 10.8 Å². The Bertz CT molecular complexity index is 578. The number of carboxylic acid groups (broad SMARTS) is 1. The second kappa shape index (κ2) is 6.83. The van der Waals surface area contributed by atoms with E-state index in [9.17, 15) is 14.4 Å². The van der Waals surface area contributed by atoms with Crippen LogP contribution < -0.4 is 11.4 Å². The molecule has 3 N–H and O–H groups in total. The van der Waals surface area contributed by atoms with Crippen LogP contribution in [0.25, 0.3) is 0 Å². The molecule has 1 aromatic heterocycles. The molecule has 1 rings (SSSR count). The quantitative estimate of drug-likeness (QED) is 0.737. The lowest BCUT2D eigenvalue weighted by Crippen LogP contribution is -2.28. The van der Waals surface area contributed by atoms with Gasteiger partial charge in [0.2, 0.25) is 5.91 Å². The number of aromatic nitrogens is 2. The Morgan fingerprint density at radius 1 is 1.30 bits per heavy atom. The van der Waals surface area contributed by atoms with Gasteiger partial charge in [-0.3, -0.25) is 14.2 Å². The molecule has 1 aromatic rings. The molecular formula is C13H19N3O4. The molecule has 0 saturated carbocycles. The molecule has 1 amide bonds. The van der Waals surface area contributed by atoms with Crippen molar-refractivity contribution in [2.75, 3.05) is 0 Å². The van der Waals surface area contributed by atoms with Gasteiger partial charge in [-0.2, -0.15) is 4.98 Å². The lowest BCUT2D eigenvalue weighted by molar-refractivity contribution is -0.137.